The van der Waals surface area contributed by atoms with Gasteiger partial charge in [0.2, 0.25) is 5.91 Å². The van der Waals surface area contributed by atoms with Gasteiger partial charge in [0.15, 0.2) is 11.0 Å². The minimum atomic E-state index is -0.754. The molecular formula is C23H27N5O4S. The molecule has 0 aliphatic rings. The molecule has 0 fully saturated rings. The standard InChI is InChI=1S/C23H27N5O4S/c1-14-9-15(2)11-17(10-14)24-20(30)13-33-23-27-26-21(28(23)3)19(12-29)25-22(31)16-5-7-18(32-4)8-6-16/h5-11,19,29H,12-13H2,1-4H3,(H,24,30)(H,25,31). The highest BCUT2D eigenvalue weighted by atomic mass is 32.2. The van der Waals surface area contributed by atoms with E-state index in [1.807, 2.05) is 32.0 Å². The van der Waals surface area contributed by atoms with E-state index in [4.69, 9.17) is 4.74 Å². The van der Waals surface area contributed by atoms with Crippen molar-refractivity contribution in [1.29, 1.82) is 0 Å². The normalized spacial score (nSPS) is 11.7. The third-order valence-electron chi connectivity index (χ3n) is 4.86. The monoisotopic (exact) mass is 469 g/mol. The number of aliphatic hydroxyl groups excluding tert-OH is 1. The van der Waals surface area contributed by atoms with Crippen molar-refractivity contribution in [2.75, 3.05) is 24.8 Å². The number of aryl methyl sites for hydroxylation is 2. The zero-order valence-electron chi connectivity index (χ0n) is 19.0. The first-order valence-electron chi connectivity index (χ1n) is 10.3. The average molecular weight is 470 g/mol. The minimum absolute atomic E-state index is 0.140. The van der Waals surface area contributed by atoms with Gasteiger partial charge in [0, 0.05) is 18.3 Å². The number of hydrogen-bond donors (Lipinski definition) is 3. The topological polar surface area (TPSA) is 118 Å². The van der Waals surface area contributed by atoms with Gasteiger partial charge in [0.25, 0.3) is 5.91 Å². The Morgan fingerprint density at radius 1 is 1.12 bits per heavy atom. The third kappa shape index (κ3) is 6.33. The van der Waals surface area contributed by atoms with Crippen LogP contribution in [0.15, 0.2) is 47.6 Å². The van der Waals surface area contributed by atoms with Crippen LogP contribution in [0.4, 0.5) is 5.69 Å². The number of carbonyl (C=O) groups excluding carboxylic acids is 2. The molecule has 0 bridgehead atoms. The second-order valence-electron chi connectivity index (χ2n) is 7.55. The first kappa shape index (κ1) is 24.3. The predicted molar refractivity (Wildman–Crippen MR) is 127 cm³/mol. The Bertz CT molecular complexity index is 1110. The first-order chi connectivity index (χ1) is 15.8. The second kappa shape index (κ2) is 11.0. The van der Waals surface area contributed by atoms with Gasteiger partial charge in [0.05, 0.1) is 19.5 Å². The van der Waals surface area contributed by atoms with E-state index in [9.17, 15) is 14.7 Å². The van der Waals surface area contributed by atoms with Crippen LogP contribution < -0.4 is 15.4 Å². The fourth-order valence-electron chi connectivity index (χ4n) is 3.31. The third-order valence-corrected chi connectivity index (χ3v) is 5.88. The Morgan fingerprint density at radius 2 is 1.79 bits per heavy atom. The van der Waals surface area contributed by atoms with Crippen LogP contribution in [0.3, 0.4) is 0 Å². The van der Waals surface area contributed by atoms with Crippen molar-refractivity contribution >= 4 is 29.3 Å². The highest BCUT2D eigenvalue weighted by Crippen LogP contribution is 2.21. The molecule has 174 valence electrons. The van der Waals surface area contributed by atoms with Crippen molar-refractivity contribution in [2.45, 2.75) is 25.0 Å². The quantitative estimate of drug-likeness (QED) is 0.412. The van der Waals surface area contributed by atoms with Gasteiger partial charge in [-0.05, 0) is 61.4 Å². The Hall–Kier alpha value is -3.37. The second-order valence-corrected chi connectivity index (χ2v) is 8.49. The maximum Gasteiger partial charge on any atom is 0.251 e. The summed E-state index contributed by atoms with van der Waals surface area (Å²) >= 11 is 1.22. The molecule has 3 N–H and O–H groups in total. The summed E-state index contributed by atoms with van der Waals surface area (Å²) in [4.78, 5) is 24.9. The SMILES string of the molecule is COc1ccc(C(=O)NC(CO)c2nnc(SCC(=O)Nc3cc(C)cc(C)c3)n2C)cc1. The lowest BCUT2D eigenvalue weighted by Gasteiger charge is -2.16. The van der Waals surface area contributed by atoms with Gasteiger partial charge in [-0.3, -0.25) is 9.59 Å². The first-order valence-corrected chi connectivity index (χ1v) is 11.2. The lowest BCUT2D eigenvalue weighted by Crippen LogP contribution is -2.32. The number of benzene rings is 2. The number of ether oxygens (including phenoxy) is 1. The molecular weight excluding hydrogens is 442 g/mol. The zero-order chi connectivity index (χ0) is 24.0. The molecule has 2 amide bonds. The van der Waals surface area contributed by atoms with Crippen LogP contribution in [-0.4, -0.2) is 51.2 Å². The fourth-order valence-corrected chi connectivity index (χ4v) is 4.02. The molecule has 3 aromatic rings. The van der Waals surface area contributed by atoms with E-state index in [0.29, 0.717) is 22.3 Å². The molecule has 0 aliphatic carbocycles. The maximum atomic E-state index is 12.6. The zero-order valence-corrected chi connectivity index (χ0v) is 19.8. The molecule has 1 atom stereocenters. The number of rotatable bonds is 9. The summed E-state index contributed by atoms with van der Waals surface area (Å²) in [5.74, 6) is 0.641. The maximum absolute atomic E-state index is 12.6. The lowest BCUT2D eigenvalue weighted by atomic mass is 10.1. The summed E-state index contributed by atoms with van der Waals surface area (Å²) in [7, 11) is 3.27. The van der Waals surface area contributed by atoms with Crippen LogP contribution >= 0.6 is 11.8 Å². The van der Waals surface area contributed by atoms with Crippen LogP contribution in [0.25, 0.3) is 0 Å². The molecule has 1 heterocycles. The van der Waals surface area contributed by atoms with Crippen molar-refractivity contribution in [3.8, 4) is 5.75 Å². The van der Waals surface area contributed by atoms with Crippen LogP contribution in [-0.2, 0) is 11.8 Å². The summed E-state index contributed by atoms with van der Waals surface area (Å²) in [6.45, 7) is 3.60. The number of aliphatic hydroxyl groups is 1. The molecule has 33 heavy (non-hydrogen) atoms. The highest BCUT2D eigenvalue weighted by molar-refractivity contribution is 7.99. The summed E-state index contributed by atoms with van der Waals surface area (Å²) in [6.07, 6.45) is 0. The van der Waals surface area contributed by atoms with Gasteiger partial charge in [-0.1, -0.05) is 17.8 Å². The fraction of sp³-hybridized carbons (Fsp3) is 0.304. The summed E-state index contributed by atoms with van der Waals surface area (Å²) in [5, 5.41) is 24.2. The van der Waals surface area contributed by atoms with E-state index < -0.39 is 6.04 Å². The Morgan fingerprint density at radius 3 is 2.39 bits per heavy atom. The smallest absolute Gasteiger partial charge is 0.251 e. The van der Waals surface area contributed by atoms with E-state index in [1.54, 1.807) is 43.0 Å². The van der Waals surface area contributed by atoms with Gasteiger partial charge < -0.3 is 25.0 Å². The van der Waals surface area contributed by atoms with Gasteiger partial charge in [0.1, 0.15) is 11.8 Å². The van der Waals surface area contributed by atoms with Gasteiger partial charge in [-0.25, -0.2) is 0 Å². The lowest BCUT2D eigenvalue weighted by molar-refractivity contribution is -0.113. The summed E-state index contributed by atoms with van der Waals surface area (Å²) in [5.41, 5.74) is 3.32. The molecule has 1 unspecified atom stereocenters. The summed E-state index contributed by atoms with van der Waals surface area (Å²) < 4.78 is 6.75. The molecule has 0 aliphatic heterocycles. The van der Waals surface area contributed by atoms with E-state index in [1.165, 1.54) is 11.8 Å². The predicted octanol–water partition coefficient (Wildman–Crippen LogP) is 2.63. The average Bonchev–Trinajstić information content (AvgIpc) is 3.15. The largest absolute Gasteiger partial charge is 0.497 e. The number of aromatic nitrogens is 3. The molecule has 0 saturated carbocycles. The van der Waals surface area contributed by atoms with Crippen LogP contribution in [0.2, 0.25) is 0 Å². The van der Waals surface area contributed by atoms with Crippen molar-refractivity contribution < 1.29 is 19.4 Å². The van der Waals surface area contributed by atoms with E-state index in [2.05, 4.69) is 20.8 Å². The molecule has 10 heteroatoms. The Balaban J connectivity index is 1.61. The van der Waals surface area contributed by atoms with Crippen LogP contribution in [0, 0.1) is 13.8 Å². The Kier molecular flexibility index (Phi) is 8.07. The van der Waals surface area contributed by atoms with E-state index >= 15 is 0 Å². The van der Waals surface area contributed by atoms with Gasteiger partial charge in [-0.15, -0.1) is 10.2 Å². The molecule has 2 aromatic carbocycles. The van der Waals surface area contributed by atoms with Gasteiger partial charge >= 0.3 is 0 Å². The highest BCUT2D eigenvalue weighted by Gasteiger charge is 2.22. The number of hydrogen-bond acceptors (Lipinski definition) is 7. The van der Waals surface area contributed by atoms with Crippen LogP contribution in [0.1, 0.15) is 33.4 Å². The Labute approximate surface area is 196 Å². The van der Waals surface area contributed by atoms with E-state index in [0.717, 1.165) is 16.8 Å². The van der Waals surface area contributed by atoms with Crippen molar-refractivity contribution in [1.82, 2.24) is 20.1 Å². The number of methoxy groups -OCH3 is 1. The number of carbonyl (C=O) groups is 2. The molecule has 3 rings (SSSR count). The number of thioether (sulfide) groups is 1. The molecule has 0 radical (unpaired) electrons. The number of anilines is 1. The summed E-state index contributed by atoms with van der Waals surface area (Å²) in [6, 6.07) is 11.7. The molecule has 1 aromatic heterocycles. The number of amides is 2. The van der Waals surface area contributed by atoms with Crippen molar-refractivity contribution in [2.24, 2.45) is 7.05 Å². The minimum Gasteiger partial charge on any atom is -0.497 e. The molecule has 9 nitrogen and oxygen atoms in total. The number of nitrogens with zero attached hydrogens (tertiary/aromatic N) is 3. The van der Waals surface area contributed by atoms with Gasteiger partial charge in [-0.2, -0.15) is 0 Å². The van der Waals surface area contributed by atoms with Crippen molar-refractivity contribution in [3.05, 3.63) is 65.0 Å². The van der Waals surface area contributed by atoms with E-state index in [-0.39, 0.29) is 24.2 Å². The number of nitrogens with one attached hydrogen (secondary N) is 2. The molecule has 0 saturated heterocycles. The van der Waals surface area contributed by atoms with Crippen LogP contribution in [0.5, 0.6) is 5.75 Å². The molecule has 0 spiro atoms. The van der Waals surface area contributed by atoms with Crippen molar-refractivity contribution in [3.63, 3.8) is 0 Å².